The molecule has 0 spiro atoms. The number of alkyl halides is 6. The molecule has 0 saturated carbocycles. The molecule has 52 heavy (non-hydrogen) atoms. The number of thiazole rings is 1. The fraction of sp³-hybridized carbons (Fsp3) is 0.312. The molecule has 0 bridgehead atoms. The summed E-state index contributed by atoms with van der Waals surface area (Å²) in [5.41, 5.74) is 5.13. The number of nitrogens with zero attached hydrogens (tertiary/aromatic N) is 3. The van der Waals surface area contributed by atoms with Crippen LogP contribution in [0.5, 0.6) is 5.75 Å². The maximum Gasteiger partial charge on any atom is 0.490 e. The molecule has 3 heterocycles. The van der Waals surface area contributed by atoms with E-state index in [0.29, 0.717) is 44.0 Å². The van der Waals surface area contributed by atoms with Gasteiger partial charge in [0.05, 0.1) is 18.0 Å². The van der Waals surface area contributed by atoms with Crippen molar-refractivity contribution < 1.29 is 65.7 Å². The van der Waals surface area contributed by atoms with E-state index in [4.69, 9.17) is 24.5 Å². The molecule has 1 aliphatic heterocycles. The second kappa shape index (κ2) is 18.2. The minimum absolute atomic E-state index is 0.276. The van der Waals surface area contributed by atoms with Gasteiger partial charge in [-0.25, -0.2) is 20.1 Å². The minimum Gasteiger partial charge on any atom is -0.489 e. The lowest BCUT2D eigenvalue weighted by Crippen LogP contribution is -2.55. The van der Waals surface area contributed by atoms with Crippen molar-refractivity contribution in [1.29, 1.82) is 0 Å². The SMILES string of the molecule is Cc1cc(COc2ccc(C(=O)N[C@@H]3CCN(Cc4nccs4)C[C@@H]3C(=O)NO)cc2)c2ccccc2n1.O=C(O)C(F)(F)F.O=C(O)C(F)(F)F. The van der Waals surface area contributed by atoms with Crippen LogP contribution in [0.1, 0.15) is 33.0 Å². The minimum atomic E-state index is -5.08. The van der Waals surface area contributed by atoms with Crippen molar-refractivity contribution in [2.45, 2.75) is 44.9 Å². The van der Waals surface area contributed by atoms with Gasteiger partial charge >= 0.3 is 24.3 Å². The quantitative estimate of drug-likeness (QED) is 0.0926. The van der Waals surface area contributed by atoms with Crippen molar-refractivity contribution in [2.75, 3.05) is 13.1 Å². The van der Waals surface area contributed by atoms with Crippen LogP contribution in [-0.4, -0.2) is 85.5 Å². The summed E-state index contributed by atoms with van der Waals surface area (Å²) in [6.07, 6.45) is -7.83. The van der Waals surface area contributed by atoms with Gasteiger partial charge in [-0.3, -0.25) is 24.7 Å². The molecule has 2 atom stereocenters. The molecule has 1 aliphatic rings. The third-order valence-corrected chi connectivity index (χ3v) is 7.99. The van der Waals surface area contributed by atoms with Gasteiger partial charge in [0, 0.05) is 52.9 Å². The first kappa shape index (κ1) is 41.1. The molecule has 0 radical (unpaired) electrons. The fourth-order valence-corrected chi connectivity index (χ4v) is 5.49. The summed E-state index contributed by atoms with van der Waals surface area (Å²) >= 11 is 1.56. The van der Waals surface area contributed by atoms with Crippen LogP contribution in [0.2, 0.25) is 0 Å². The molecule has 0 aliphatic carbocycles. The summed E-state index contributed by atoms with van der Waals surface area (Å²) in [5.74, 6) is -6.24. The molecule has 2 amide bonds. The summed E-state index contributed by atoms with van der Waals surface area (Å²) in [4.78, 5) is 54.2. The Labute approximate surface area is 294 Å². The molecular formula is C32H31F6N5O8S. The Morgan fingerprint density at radius 2 is 1.60 bits per heavy atom. The molecule has 5 N–H and O–H groups in total. The molecule has 13 nitrogen and oxygen atoms in total. The van der Waals surface area contributed by atoms with Gasteiger partial charge in [-0.1, -0.05) is 18.2 Å². The van der Waals surface area contributed by atoms with E-state index < -0.39 is 42.2 Å². The number of nitrogens with one attached hydrogen (secondary N) is 2. The topological polar surface area (TPSA) is 191 Å². The zero-order valence-electron chi connectivity index (χ0n) is 26.9. The first-order valence-corrected chi connectivity index (χ1v) is 15.8. The lowest BCUT2D eigenvalue weighted by atomic mass is 9.91. The first-order chi connectivity index (χ1) is 24.4. The lowest BCUT2D eigenvalue weighted by Gasteiger charge is -2.37. The Hall–Kier alpha value is -5.34. The van der Waals surface area contributed by atoms with Crippen molar-refractivity contribution >= 4 is 46.0 Å². The zero-order valence-corrected chi connectivity index (χ0v) is 27.8. The summed E-state index contributed by atoms with van der Waals surface area (Å²) in [5, 5.41) is 30.4. The molecule has 2 aromatic carbocycles. The molecule has 20 heteroatoms. The number of aryl methyl sites for hydroxylation is 1. The lowest BCUT2D eigenvalue weighted by molar-refractivity contribution is -0.193. The monoisotopic (exact) mass is 759 g/mol. The summed E-state index contributed by atoms with van der Waals surface area (Å²) in [6.45, 7) is 4.09. The summed E-state index contributed by atoms with van der Waals surface area (Å²) < 4.78 is 69.5. The van der Waals surface area contributed by atoms with Crippen molar-refractivity contribution in [3.63, 3.8) is 0 Å². The largest absolute Gasteiger partial charge is 0.490 e. The number of carboxylic acid groups (broad SMARTS) is 2. The Morgan fingerprint density at radius 1 is 0.981 bits per heavy atom. The number of para-hydroxylation sites is 1. The van der Waals surface area contributed by atoms with Crippen molar-refractivity contribution in [2.24, 2.45) is 5.92 Å². The Kier molecular flexibility index (Phi) is 14.4. The molecule has 5 rings (SSSR count). The third kappa shape index (κ3) is 12.5. The van der Waals surface area contributed by atoms with Gasteiger partial charge in [-0.2, -0.15) is 26.3 Å². The average molecular weight is 760 g/mol. The van der Waals surface area contributed by atoms with Crippen LogP contribution in [-0.2, 0) is 27.5 Å². The molecule has 0 unspecified atom stereocenters. The molecule has 280 valence electrons. The fourth-order valence-electron chi connectivity index (χ4n) is 4.84. The van der Waals surface area contributed by atoms with E-state index in [1.807, 2.05) is 42.6 Å². The number of hydroxylamine groups is 1. The van der Waals surface area contributed by atoms with Crippen LogP contribution < -0.4 is 15.5 Å². The predicted octanol–water partition coefficient (Wildman–Crippen LogP) is 4.97. The van der Waals surface area contributed by atoms with Gasteiger partial charge in [0.1, 0.15) is 17.4 Å². The van der Waals surface area contributed by atoms with Crippen LogP contribution in [0, 0.1) is 12.8 Å². The molecule has 4 aromatic rings. The first-order valence-electron chi connectivity index (χ1n) is 14.9. The number of hydrogen-bond acceptors (Lipinski definition) is 10. The number of ether oxygens (including phenoxy) is 1. The van der Waals surface area contributed by atoms with E-state index in [-0.39, 0.29) is 5.91 Å². The Balaban J connectivity index is 0.000000441. The maximum absolute atomic E-state index is 13.0. The number of rotatable bonds is 8. The Bertz CT molecular complexity index is 1800. The van der Waals surface area contributed by atoms with Gasteiger partial charge in [0.25, 0.3) is 5.91 Å². The number of halogens is 6. The number of carbonyl (C=O) groups is 4. The smallest absolute Gasteiger partial charge is 0.489 e. The normalized spacial score (nSPS) is 16.0. The highest BCUT2D eigenvalue weighted by molar-refractivity contribution is 7.09. The van der Waals surface area contributed by atoms with Gasteiger partial charge in [0.15, 0.2) is 0 Å². The number of carboxylic acids is 2. The highest BCUT2D eigenvalue weighted by atomic mass is 32.1. The third-order valence-electron chi connectivity index (χ3n) is 7.23. The van der Waals surface area contributed by atoms with Crippen molar-refractivity contribution in [3.05, 3.63) is 88.0 Å². The van der Waals surface area contributed by atoms with E-state index in [2.05, 4.69) is 20.2 Å². The number of amides is 2. The second-order valence-corrected chi connectivity index (χ2v) is 12.0. The van der Waals surface area contributed by atoms with Crippen molar-refractivity contribution in [1.82, 2.24) is 25.7 Å². The van der Waals surface area contributed by atoms with Crippen molar-refractivity contribution in [3.8, 4) is 5.75 Å². The van der Waals surface area contributed by atoms with E-state index in [9.17, 15) is 41.1 Å². The highest BCUT2D eigenvalue weighted by Crippen LogP contribution is 2.23. The number of hydrogen-bond donors (Lipinski definition) is 5. The number of benzene rings is 2. The molecule has 1 fully saturated rings. The van der Waals surface area contributed by atoms with Gasteiger partial charge in [-0.15, -0.1) is 11.3 Å². The van der Waals surface area contributed by atoms with Crippen LogP contribution in [0.15, 0.2) is 66.2 Å². The second-order valence-electron chi connectivity index (χ2n) is 11.0. The van der Waals surface area contributed by atoms with E-state index in [0.717, 1.165) is 27.2 Å². The number of aliphatic carboxylic acids is 2. The van der Waals surface area contributed by atoms with Crippen LogP contribution in [0.25, 0.3) is 10.9 Å². The Morgan fingerprint density at radius 3 is 2.15 bits per heavy atom. The molecule has 1 saturated heterocycles. The number of aromatic nitrogens is 2. The maximum atomic E-state index is 13.0. The number of carbonyl (C=O) groups excluding carboxylic acids is 2. The van der Waals surface area contributed by atoms with Gasteiger partial charge < -0.3 is 20.3 Å². The van der Waals surface area contributed by atoms with E-state index in [1.165, 1.54) is 0 Å². The van der Waals surface area contributed by atoms with Crippen LogP contribution in [0.4, 0.5) is 26.3 Å². The number of fused-ring (bicyclic) bond motifs is 1. The number of piperidine rings is 1. The number of pyridine rings is 1. The molecule has 2 aromatic heterocycles. The van der Waals surface area contributed by atoms with E-state index in [1.54, 1.807) is 47.3 Å². The van der Waals surface area contributed by atoms with Gasteiger partial charge in [0.2, 0.25) is 5.91 Å². The number of likely N-dealkylation sites (tertiary alicyclic amines) is 1. The van der Waals surface area contributed by atoms with Gasteiger partial charge in [-0.05, 0) is 49.7 Å². The van der Waals surface area contributed by atoms with Crippen LogP contribution in [0.3, 0.4) is 0 Å². The average Bonchev–Trinajstić information content (AvgIpc) is 3.60. The van der Waals surface area contributed by atoms with E-state index >= 15 is 0 Å². The summed E-state index contributed by atoms with van der Waals surface area (Å²) in [7, 11) is 0. The predicted molar refractivity (Wildman–Crippen MR) is 171 cm³/mol. The molecular weight excluding hydrogens is 728 g/mol. The zero-order chi connectivity index (χ0) is 38.6. The highest BCUT2D eigenvalue weighted by Gasteiger charge is 2.39. The van der Waals surface area contributed by atoms with Crippen LogP contribution >= 0.6 is 11.3 Å². The summed E-state index contributed by atoms with van der Waals surface area (Å²) in [6, 6.07) is 16.5. The standard InChI is InChI=1S/C28H29N5O4S.2C2HF3O2/c1-18-14-20(22-4-2-3-5-24(22)30-18)17-37-21-8-6-19(7-9-21)27(34)31-25-10-12-33(15-23(25)28(35)32-36)16-26-29-11-13-38-26;2*3-2(4,5)1(6)7/h2-9,11,13-14,23,25,36H,10,12,15-17H2,1H3,(H,31,34)(H,32,35);2*(H,6,7)/t23-,25+;;/m0../s1.